The molecule has 5 rings (SSSR count). The third-order valence-electron chi connectivity index (χ3n) is 7.69. The minimum absolute atomic E-state index is 0.0313. The van der Waals surface area contributed by atoms with E-state index < -0.39 is 0 Å². The van der Waals surface area contributed by atoms with Gasteiger partial charge in [0.1, 0.15) is 5.76 Å². The maximum Gasteiger partial charge on any atom is 0.289 e. The Morgan fingerprint density at radius 3 is 2.47 bits per heavy atom. The highest BCUT2D eigenvalue weighted by Crippen LogP contribution is 2.46. The number of aromatic nitrogens is 2. The molecular formula is C24H33N5O3. The highest BCUT2D eigenvalue weighted by Gasteiger charge is 2.44. The van der Waals surface area contributed by atoms with Crippen LogP contribution < -0.4 is 5.73 Å². The molecule has 2 aromatic rings. The summed E-state index contributed by atoms with van der Waals surface area (Å²) in [5, 5.41) is 0. The van der Waals surface area contributed by atoms with E-state index in [0.717, 1.165) is 64.0 Å². The van der Waals surface area contributed by atoms with Gasteiger partial charge in [0.15, 0.2) is 5.76 Å². The summed E-state index contributed by atoms with van der Waals surface area (Å²) in [6, 6.07) is 4.11. The molecule has 2 N–H and O–H groups in total. The van der Waals surface area contributed by atoms with Crippen molar-refractivity contribution >= 4 is 11.8 Å². The van der Waals surface area contributed by atoms with Crippen LogP contribution in [-0.2, 0) is 11.3 Å². The van der Waals surface area contributed by atoms with Gasteiger partial charge in [0.25, 0.3) is 5.91 Å². The van der Waals surface area contributed by atoms with Crippen LogP contribution in [0.3, 0.4) is 0 Å². The number of nitrogens with two attached hydrogens (primary N) is 1. The predicted molar refractivity (Wildman–Crippen MR) is 119 cm³/mol. The van der Waals surface area contributed by atoms with Crippen LogP contribution in [0.4, 0.5) is 0 Å². The maximum atomic E-state index is 12.9. The number of hydrogen-bond donors (Lipinski definition) is 1. The topological polar surface area (TPSA) is 97.6 Å². The summed E-state index contributed by atoms with van der Waals surface area (Å²) >= 11 is 0. The van der Waals surface area contributed by atoms with Crippen LogP contribution in [0.1, 0.15) is 61.3 Å². The molecule has 0 unspecified atom stereocenters. The number of furan rings is 1. The SMILES string of the molecule is NC(=O)C1(CC2CC2)CCN(C2CCN(C(=O)c3ccc(Cn4ccnc4)o3)CC2)CC1. The van der Waals surface area contributed by atoms with Gasteiger partial charge in [-0.2, -0.15) is 0 Å². The Hall–Kier alpha value is -2.61. The molecule has 172 valence electrons. The third-order valence-corrected chi connectivity index (χ3v) is 7.69. The minimum atomic E-state index is -0.290. The lowest BCUT2D eigenvalue weighted by Crippen LogP contribution is -2.53. The zero-order valence-electron chi connectivity index (χ0n) is 18.6. The standard InChI is InChI=1S/C24H33N5O3/c25-23(31)24(15-18-1-2-18)7-12-28(13-8-24)19-5-10-29(11-6-19)22(30)21-4-3-20(32-21)16-27-14-9-26-17-27/h3-4,9,14,17-19H,1-2,5-8,10-13,15-16H2,(H2,25,31). The molecule has 2 aromatic heterocycles. The van der Waals surface area contributed by atoms with Gasteiger partial charge in [0.05, 0.1) is 18.3 Å². The zero-order valence-corrected chi connectivity index (χ0v) is 18.6. The molecular weight excluding hydrogens is 406 g/mol. The number of nitrogens with zero attached hydrogens (tertiary/aromatic N) is 4. The second-order valence-corrected chi connectivity index (χ2v) is 9.85. The lowest BCUT2D eigenvalue weighted by molar-refractivity contribution is -0.132. The number of rotatable bonds is 7. The van der Waals surface area contributed by atoms with E-state index >= 15 is 0 Å². The van der Waals surface area contributed by atoms with Gasteiger partial charge in [-0.25, -0.2) is 4.98 Å². The highest BCUT2D eigenvalue weighted by atomic mass is 16.4. The Balaban J connectivity index is 1.12. The minimum Gasteiger partial charge on any atom is -0.454 e. The summed E-state index contributed by atoms with van der Waals surface area (Å²) < 4.78 is 7.71. The molecule has 8 heteroatoms. The first-order valence-electron chi connectivity index (χ1n) is 11.9. The molecule has 0 aromatic carbocycles. The van der Waals surface area contributed by atoms with Crippen molar-refractivity contribution < 1.29 is 14.0 Å². The average molecular weight is 440 g/mol. The van der Waals surface area contributed by atoms with Gasteiger partial charge in [-0.05, 0) is 63.2 Å². The smallest absolute Gasteiger partial charge is 0.289 e. The lowest BCUT2D eigenvalue weighted by atomic mass is 9.73. The highest BCUT2D eigenvalue weighted by molar-refractivity contribution is 5.91. The van der Waals surface area contributed by atoms with Crippen LogP contribution in [0.2, 0.25) is 0 Å². The largest absolute Gasteiger partial charge is 0.454 e. The Labute approximate surface area is 188 Å². The van der Waals surface area contributed by atoms with E-state index in [1.165, 1.54) is 12.8 Å². The summed E-state index contributed by atoms with van der Waals surface area (Å²) in [7, 11) is 0. The molecule has 1 aliphatic carbocycles. The number of carbonyl (C=O) groups is 2. The average Bonchev–Trinajstić information content (AvgIpc) is 3.25. The Kier molecular flexibility index (Phi) is 5.80. The number of piperidine rings is 2. The lowest BCUT2D eigenvalue weighted by Gasteiger charge is -2.45. The van der Waals surface area contributed by atoms with Gasteiger partial charge in [-0.15, -0.1) is 0 Å². The summed E-state index contributed by atoms with van der Waals surface area (Å²) in [4.78, 5) is 33.6. The monoisotopic (exact) mass is 439 g/mol. The van der Waals surface area contributed by atoms with Crippen molar-refractivity contribution in [2.45, 2.75) is 57.5 Å². The van der Waals surface area contributed by atoms with E-state index in [2.05, 4.69) is 9.88 Å². The molecule has 2 amide bonds. The Morgan fingerprint density at radius 2 is 1.84 bits per heavy atom. The molecule has 3 aliphatic rings. The van der Waals surface area contributed by atoms with Crippen LogP contribution in [-0.4, -0.2) is 63.4 Å². The molecule has 2 saturated heterocycles. The van der Waals surface area contributed by atoms with Crippen molar-refractivity contribution in [1.29, 1.82) is 0 Å². The van der Waals surface area contributed by atoms with Gasteiger partial charge >= 0.3 is 0 Å². The quantitative estimate of drug-likeness (QED) is 0.715. The van der Waals surface area contributed by atoms with Crippen molar-refractivity contribution in [3.8, 4) is 0 Å². The van der Waals surface area contributed by atoms with E-state index in [4.69, 9.17) is 10.2 Å². The number of hydrogen-bond acceptors (Lipinski definition) is 5. The molecule has 8 nitrogen and oxygen atoms in total. The van der Waals surface area contributed by atoms with Crippen molar-refractivity contribution in [1.82, 2.24) is 19.4 Å². The number of primary amides is 1. The fourth-order valence-electron chi connectivity index (χ4n) is 5.47. The molecule has 2 aliphatic heterocycles. The Morgan fingerprint density at radius 1 is 1.09 bits per heavy atom. The second kappa shape index (κ2) is 8.73. The van der Waals surface area contributed by atoms with Crippen LogP contribution >= 0.6 is 0 Å². The van der Waals surface area contributed by atoms with Gasteiger partial charge < -0.3 is 24.5 Å². The summed E-state index contributed by atoms with van der Waals surface area (Å²) in [6.45, 7) is 3.91. The van der Waals surface area contributed by atoms with Gasteiger partial charge in [0.2, 0.25) is 5.91 Å². The normalized spacial score (nSPS) is 22.2. The van der Waals surface area contributed by atoms with E-state index in [-0.39, 0.29) is 17.2 Å². The maximum absolute atomic E-state index is 12.9. The second-order valence-electron chi connectivity index (χ2n) is 9.85. The molecule has 3 fully saturated rings. The first-order valence-corrected chi connectivity index (χ1v) is 11.9. The van der Waals surface area contributed by atoms with Crippen LogP contribution in [0.25, 0.3) is 0 Å². The van der Waals surface area contributed by atoms with Crippen LogP contribution in [0, 0.1) is 11.3 Å². The third kappa shape index (κ3) is 4.46. The molecule has 1 saturated carbocycles. The van der Waals surface area contributed by atoms with Crippen molar-refractivity contribution in [2.75, 3.05) is 26.2 Å². The van der Waals surface area contributed by atoms with Crippen LogP contribution in [0.15, 0.2) is 35.3 Å². The fraction of sp³-hybridized carbons (Fsp3) is 0.625. The van der Waals surface area contributed by atoms with E-state index in [1.54, 1.807) is 18.6 Å². The number of amides is 2. The van der Waals surface area contributed by atoms with Gasteiger partial charge in [-0.1, -0.05) is 12.8 Å². The molecule has 0 spiro atoms. The first kappa shape index (κ1) is 21.2. The molecule has 4 heterocycles. The van der Waals surface area contributed by atoms with Crippen molar-refractivity contribution in [3.63, 3.8) is 0 Å². The van der Waals surface area contributed by atoms with E-state index in [0.29, 0.717) is 24.3 Å². The van der Waals surface area contributed by atoms with Crippen LogP contribution in [0.5, 0.6) is 0 Å². The summed E-state index contributed by atoms with van der Waals surface area (Å²) in [5.74, 6) is 1.73. The van der Waals surface area contributed by atoms with E-state index in [9.17, 15) is 9.59 Å². The molecule has 0 bridgehead atoms. The fourth-order valence-corrected chi connectivity index (χ4v) is 5.47. The number of imidazole rings is 1. The Bertz CT molecular complexity index is 933. The van der Waals surface area contributed by atoms with Crippen molar-refractivity contribution in [2.24, 2.45) is 17.1 Å². The summed E-state index contributed by atoms with van der Waals surface area (Å²) in [6.07, 6.45) is 12.5. The van der Waals surface area contributed by atoms with Gasteiger partial charge in [-0.3, -0.25) is 9.59 Å². The van der Waals surface area contributed by atoms with Crippen molar-refractivity contribution in [3.05, 3.63) is 42.4 Å². The first-order chi connectivity index (χ1) is 15.5. The molecule has 32 heavy (non-hydrogen) atoms. The predicted octanol–water partition coefficient (Wildman–Crippen LogP) is 2.50. The molecule has 0 atom stereocenters. The number of likely N-dealkylation sites (tertiary alicyclic amines) is 2. The number of carbonyl (C=O) groups excluding carboxylic acids is 2. The van der Waals surface area contributed by atoms with E-state index in [1.807, 2.05) is 21.7 Å². The summed E-state index contributed by atoms with van der Waals surface area (Å²) in [5.41, 5.74) is 5.54. The van der Waals surface area contributed by atoms with Gasteiger partial charge in [0, 0.05) is 31.5 Å². The zero-order chi connectivity index (χ0) is 22.1. The molecule has 0 radical (unpaired) electrons.